The minimum atomic E-state index is -0.0388. The number of ether oxygens (including phenoxy) is 1. The fraction of sp³-hybridized carbons (Fsp3) is 0.500. The van der Waals surface area contributed by atoms with Gasteiger partial charge >= 0.3 is 0 Å². The summed E-state index contributed by atoms with van der Waals surface area (Å²) in [6.45, 7) is 4.56. The quantitative estimate of drug-likeness (QED) is 0.808. The average Bonchev–Trinajstić information content (AvgIpc) is 2.39. The van der Waals surface area contributed by atoms with Gasteiger partial charge in [-0.25, -0.2) is 0 Å². The highest BCUT2D eigenvalue weighted by Crippen LogP contribution is 2.18. The van der Waals surface area contributed by atoms with Crippen molar-refractivity contribution < 1.29 is 9.53 Å². The van der Waals surface area contributed by atoms with Crippen molar-refractivity contribution in [2.75, 3.05) is 20.7 Å². The van der Waals surface area contributed by atoms with E-state index in [0.717, 1.165) is 11.3 Å². The molecule has 0 bridgehead atoms. The van der Waals surface area contributed by atoms with E-state index in [0.29, 0.717) is 6.54 Å². The zero-order valence-electron chi connectivity index (χ0n) is 11.5. The Labute approximate surface area is 109 Å². The van der Waals surface area contributed by atoms with Gasteiger partial charge in [0.15, 0.2) is 0 Å². The molecule has 0 heterocycles. The molecule has 0 aliphatic rings. The van der Waals surface area contributed by atoms with Crippen LogP contribution in [0.4, 0.5) is 0 Å². The smallest absolute Gasteiger partial charge is 0.224 e. The number of amides is 1. The van der Waals surface area contributed by atoms with Crippen LogP contribution in [0.15, 0.2) is 24.3 Å². The Morgan fingerprint density at radius 3 is 2.72 bits per heavy atom. The fourth-order valence-corrected chi connectivity index (χ4v) is 1.75. The summed E-state index contributed by atoms with van der Waals surface area (Å²) in [5, 5.41) is 6.00. The molecular formula is C14H22N2O2. The Hall–Kier alpha value is -1.55. The SMILES string of the molecule is CNCC(C)C(=O)N[C@H](C)c1cccc(OC)c1. The molecular weight excluding hydrogens is 228 g/mol. The minimum absolute atomic E-state index is 0.0214. The Morgan fingerprint density at radius 2 is 2.11 bits per heavy atom. The number of methoxy groups -OCH3 is 1. The third-order valence-electron chi connectivity index (χ3n) is 2.91. The Balaban J connectivity index is 2.64. The van der Waals surface area contributed by atoms with Gasteiger partial charge in [-0.3, -0.25) is 4.79 Å². The van der Waals surface area contributed by atoms with E-state index in [1.54, 1.807) is 7.11 Å². The number of carbonyl (C=O) groups is 1. The van der Waals surface area contributed by atoms with Gasteiger partial charge in [-0.2, -0.15) is 0 Å². The molecule has 1 aromatic rings. The summed E-state index contributed by atoms with van der Waals surface area (Å²) in [5.41, 5.74) is 1.04. The van der Waals surface area contributed by atoms with Crippen molar-refractivity contribution >= 4 is 5.91 Å². The lowest BCUT2D eigenvalue weighted by molar-refractivity contribution is -0.125. The monoisotopic (exact) mass is 250 g/mol. The zero-order valence-corrected chi connectivity index (χ0v) is 11.5. The van der Waals surface area contributed by atoms with Crippen molar-refractivity contribution in [3.63, 3.8) is 0 Å². The highest BCUT2D eigenvalue weighted by atomic mass is 16.5. The molecule has 0 aliphatic heterocycles. The molecule has 1 aromatic carbocycles. The number of hydrogen-bond acceptors (Lipinski definition) is 3. The molecule has 4 heteroatoms. The van der Waals surface area contributed by atoms with Crippen LogP contribution in [0.2, 0.25) is 0 Å². The molecule has 1 rings (SSSR count). The maximum atomic E-state index is 11.9. The number of carbonyl (C=O) groups excluding carboxylic acids is 1. The van der Waals surface area contributed by atoms with Gasteiger partial charge in [0.2, 0.25) is 5.91 Å². The van der Waals surface area contributed by atoms with E-state index in [-0.39, 0.29) is 17.9 Å². The summed E-state index contributed by atoms with van der Waals surface area (Å²) < 4.78 is 5.17. The molecule has 0 radical (unpaired) electrons. The summed E-state index contributed by atoms with van der Waals surface area (Å²) in [7, 11) is 3.48. The van der Waals surface area contributed by atoms with Crippen molar-refractivity contribution in [1.82, 2.24) is 10.6 Å². The summed E-state index contributed by atoms with van der Waals surface area (Å²) in [5.74, 6) is 0.819. The summed E-state index contributed by atoms with van der Waals surface area (Å²) in [6.07, 6.45) is 0. The van der Waals surface area contributed by atoms with Crippen molar-refractivity contribution in [3.05, 3.63) is 29.8 Å². The Kier molecular flexibility index (Phi) is 5.65. The molecule has 4 nitrogen and oxygen atoms in total. The van der Waals surface area contributed by atoms with Gasteiger partial charge in [0.25, 0.3) is 0 Å². The van der Waals surface area contributed by atoms with E-state index in [1.165, 1.54) is 0 Å². The van der Waals surface area contributed by atoms with Crippen LogP contribution in [0.25, 0.3) is 0 Å². The third-order valence-corrected chi connectivity index (χ3v) is 2.91. The van der Waals surface area contributed by atoms with E-state index in [9.17, 15) is 4.79 Å². The molecule has 0 aromatic heterocycles. The van der Waals surface area contributed by atoms with Crippen molar-refractivity contribution in [3.8, 4) is 5.75 Å². The molecule has 100 valence electrons. The molecule has 1 unspecified atom stereocenters. The average molecular weight is 250 g/mol. The molecule has 2 N–H and O–H groups in total. The van der Waals surface area contributed by atoms with Crippen LogP contribution in [0.3, 0.4) is 0 Å². The summed E-state index contributed by atoms with van der Waals surface area (Å²) >= 11 is 0. The third kappa shape index (κ3) is 4.04. The van der Waals surface area contributed by atoms with E-state index >= 15 is 0 Å². The lowest BCUT2D eigenvalue weighted by atomic mass is 10.1. The van der Waals surface area contributed by atoms with Crippen LogP contribution in [0, 0.1) is 5.92 Å². The standard InChI is InChI=1S/C14H22N2O2/c1-10(9-15-3)14(17)16-11(2)12-6-5-7-13(8-12)18-4/h5-8,10-11,15H,9H2,1-4H3,(H,16,17)/t10?,11-/m1/s1. The van der Waals surface area contributed by atoms with E-state index in [2.05, 4.69) is 10.6 Å². The van der Waals surface area contributed by atoms with Crippen LogP contribution in [0.1, 0.15) is 25.5 Å². The van der Waals surface area contributed by atoms with Gasteiger partial charge in [-0.1, -0.05) is 19.1 Å². The van der Waals surface area contributed by atoms with Crippen molar-refractivity contribution in [2.24, 2.45) is 5.92 Å². The highest BCUT2D eigenvalue weighted by Gasteiger charge is 2.15. The van der Waals surface area contributed by atoms with Crippen molar-refractivity contribution in [2.45, 2.75) is 19.9 Å². The van der Waals surface area contributed by atoms with Crippen LogP contribution >= 0.6 is 0 Å². The van der Waals surface area contributed by atoms with Crippen LogP contribution < -0.4 is 15.4 Å². The molecule has 0 spiro atoms. The van der Waals surface area contributed by atoms with E-state index < -0.39 is 0 Å². The Bertz CT molecular complexity index is 393. The molecule has 0 fully saturated rings. The van der Waals surface area contributed by atoms with Gasteiger partial charge in [0.1, 0.15) is 5.75 Å². The molecule has 1 amide bonds. The van der Waals surface area contributed by atoms with Crippen LogP contribution in [-0.2, 0) is 4.79 Å². The second-order valence-corrected chi connectivity index (χ2v) is 4.47. The first-order valence-corrected chi connectivity index (χ1v) is 6.17. The first-order chi connectivity index (χ1) is 8.58. The predicted molar refractivity (Wildman–Crippen MR) is 72.6 cm³/mol. The lowest BCUT2D eigenvalue weighted by Crippen LogP contribution is -2.35. The molecule has 0 saturated carbocycles. The molecule has 2 atom stereocenters. The number of nitrogens with one attached hydrogen (secondary N) is 2. The van der Waals surface area contributed by atoms with E-state index in [4.69, 9.17) is 4.74 Å². The number of benzene rings is 1. The highest BCUT2D eigenvalue weighted by molar-refractivity contribution is 5.78. The van der Waals surface area contributed by atoms with Gasteiger partial charge in [0, 0.05) is 12.5 Å². The van der Waals surface area contributed by atoms with Gasteiger partial charge < -0.3 is 15.4 Å². The second kappa shape index (κ2) is 7.01. The minimum Gasteiger partial charge on any atom is -0.497 e. The normalized spacial score (nSPS) is 13.8. The second-order valence-electron chi connectivity index (χ2n) is 4.47. The zero-order chi connectivity index (χ0) is 13.5. The lowest BCUT2D eigenvalue weighted by Gasteiger charge is -2.18. The predicted octanol–water partition coefficient (Wildman–Crippen LogP) is 1.73. The molecule has 0 aliphatic carbocycles. The van der Waals surface area contributed by atoms with Gasteiger partial charge in [0.05, 0.1) is 13.2 Å². The summed E-state index contributed by atoms with van der Waals surface area (Å²) in [4.78, 5) is 11.9. The maximum Gasteiger partial charge on any atom is 0.224 e. The first kappa shape index (κ1) is 14.5. The van der Waals surface area contributed by atoms with Crippen molar-refractivity contribution in [1.29, 1.82) is 0 Å². The van der Waals surface area contributed by atoms with Gasteiger partial charge in [-0.15, -0.1) is 0 Å². The number of rotatable bonds is 6. The largest absolute Gasteiger partial charge is 0.497 e. The number of hydrogen-bond donors (Lipinski definition) is 2. The van der Waals surface area contributed by atoms with E-state index in [1.807, 2.05) is 45.2 Å². The molecule has 18 heavy (non-hydrogen) atoms. The maximum absolute atomic E-state index is 11.9. The van der Waals surface area contributed by atoms with Crippen LogP contribution in [0.5, 0.6) is 5.75 Å². The van der Waals surface area contributed by atoms with Gasteiger partial charge in [-0.05, 0) is 31.7 Å². The summed E-state index contributed by atoms with van der Waals surface area (Å²) in [6, 6.07) is 7.71. The fourth-order valence-electron chi connectivity index (χ4n) is 1.75. The first-order valence-electron chi connectivity index (χ1n) is 6.17. The topological polar surface area (TPSA) is 50.4 Å². The Morgan fingerprint density at radius 1 is 1.39 bits per heavy atom. The molecule has 0 saturated heterocycles. The van der Waals surface area contributed by atoms with Crippen LogP contribution in [-0.4, -0.2) is 26.6 Å².